The average molecular weight is 342 g/mol. The Balaban J connectivity index is 1.52. The van der Waals surface area contributed by atoms with Crippen molar-refractivity contribution < 1.29 is 14.3 Å². The molecule has 0 spiro atoms. The van der Waals surface area contributed by atoms with E-state index in [1.54, 1.807) is 17.0 Å². The van der Waals surface area contributed by atoms with Gasteiger partial charge in [-0.15, -0.1) is 0 Å². The fraction of sp³-hybridized carbons (Fsp3) is 0.600. The summed E-state index contributed by atoms with van der Waals surface area (Å²) in [6, 6.07) is 7.46. The second-order valence-corrected chi connectivity index (χ2v) is 8.45. The molecule has 1 N–H and O–H groups in total. The lowest BCUT2D eigenvalue weighted by atomic mass is 9.69. The van der Waals surface area contributed by atoms with Crippen molar-refractivity contribution >= 4 is 17.7 Å². The summed E-state index contributed by atoms with van der Waals surface area (Å²) in [6.45, 7) is 7.93. The molecule has 5 heteroatoms. The Morgan fingerprint density at radius 2 is 2.12 bits per heavy atom. The van der Waals surface area contributed by atoms with E-state index in [1.165, 1.54) is 12.8 Å². The maximum atomic E-state index is 12.8. The second-order valence-electron chi connectivity index (χ2n) is 8.45. The topological polar surface area (TPSA) is 58.6 Å². The molecule has 5 nitrogen and oxygen atoms in total. The van der Waals surface area contributed by atoms with Gasteiger partial charge in [0.25, 0.3) is 5.91 Å². The van der Waals surface area contributed by atoms with Gasteiger partial charge >= 0.3 is 6.09 Å². The van der Waals surface area contributed by atoms with Crippen LogP contribution in [-0.4, -0.2) is 31.2 Å². The number of anilines is 1. The van der Waals surface area contributed by atoms with Crippen LogP contribution in [0.2, 0.25) is 0 Å². The van der Waals surface area contributed by atoms with Gasteiger partial charge in [0, 0.05) is 17.3 Å². The van der Waals surface area contributed by atoms with E-state index in [-0.39, 0.29) is 28.9 Å². The van der Waals surface area contributed by atoms with Crippen LogP contribution in [0.5, 0.6) is 0 Å². The van der Waals surface area contributed by atoms with Gasteiger partial charge < -0.3 is 10.1 Å². The predicted octanol–water partition coefficient (Wildman–Crippen LogP) is 3.59. The summed E-state index contributed by atoms with van der Waals surface area (Å²) in [7, 11) is 0. The Bertz CT molecular complexity index is 729. The van der Waals surface area contributed by atoms with Gasteiger partial charge in [-0.25, -0.2) is 4.79 Å². The zero-order valence-corrected chi connectivity index (χ0v) is 15.2. The molecule has 2 amide bonds. The molecule has 3 aliphatic rings. The van der Waals surface area contributed by atoms with Crippen molar-refractivity contribution in [1.82, 2.24) is 5.32 Å². The summed E-state index contributed by atoms with van der Waals surface area (Å²) in [6.07, 6.45) is 3.16. The zero-order valence-electron chi connectivity index (χ0n) is 15.2. The Kier molecular flexibility index (Phi) is 3.60. The highest BCUT2D eigenvalue weighted by molar-refractivity contribution is 5.97. The van der Waals surface area contributed by atoms with Crippen molar-refractivity contribution in [2.45, 2.75) is 46.1 Å². The lowest BCUT2D eigenvalue weighted by Crippen LogP contribution is -2.46. The third-order valence-corrected chi connectivity index (χ3v) is 7.28. The van der Waals surface area contributed by atoms with Gasteiger partial charge in [-0.05, 0) is 54.2 Å². The zero-order chi connectivity index (χ0) is 17.8. The second kappa shape index (κ2) is 5.48. The average Bonchev–Trinajstić information content (AvgIpc) is 3.16. The minimum atomic E-state index is -0.347. The number of carbonyl (C=O) groups excluding carboxylic acids is 2. The van der Waals surface area contributed by atoms with Crippen LogP contribution < -0.4 is 10.2 Å². The lowest BCUT2D eigenvalue weighted by molar-refractivity contribution is 0.0826. The standard InChI is InChI=1S/C20H26N2O3/c1-19(2)14-7-8-20(19,3)16(12-14)21-17(23)13-5-4-6-15(11-13)22-9-10-25-18(22)24/h4-6,11,14,16H,7-10,12H2,1-3H3,(H,21,23). The molecule has 1 saturated heterocycles. The van der Waals surface area contributed by atoms with E-state index in [2.05, 4.69) is 26.1 Å². The van der Waals surface area contributed by atoms with Crippen molar-refractivity contribution in [3.8, 4) is 0 Å². The van der Waals surface area contributed by atoms with Gasteiger partial charge in [-0.2, -0.15) is 0 Å². The van der Waals surface area contributed by atoms with Gasteiger partial charge in [-0.3, -0.25) is 9.69 Å². The number of fused-ring (bicyclic) bond motifs is 2. The Hall–Kier alpha value is -2.04. The Labute approximate surface area is 148 Å². The molecule has 25 heavy (non-hydrogen) atoms. The largest absolute Gasteiger partial charge is 0.447 e. The van der Waals surface area contributed by atoms with Gasteiger partial charge in [0.1, 0.15) is 6.61 Å². The van der Waals surface area contributed by atoms with E-state index in [9.17, 15) is 9.59 Å². The molecule has 1 aromatic carbocycles. The third kappa shape index (κ3) is 2.35. The molecule has 2 saturated carbocycles. The van der Waals surface area contributed by atoms with Crippen LogP contribution in [0, 0.1) is 16.7 Å². The predicted molar refractivity (Wildman–Crippen MR) is 95.6 cm³/mol. The third-order valence-electron chi connectivity index (χ3n) is 7.28. The number of rotatable bonds is 3. The minimum absolute atomic E-state index is 0.0519. The van der Waals surface area contributed by atoms with Gasteiger partial charge in [0.15, 0.2) is 0 Å². The summed E-state index contributed by atoms with van der Waals surface area (Å²) < 4.78 is 4.98. The number of nitrogens with one attached hydrogen (secondary N) is 1. The highest BCUT2D eigenvalue weighted by atomic mass is 16.6. The first-order valence-electron chi connectivity index (χ1n) is 9.18. The molecule has 3 unspecified atom stereocenters. The number of cyclic esters (lactones) is 1. The molecule has 2 bridgehead atoms. The van der Waals surface area contributed by atoms with Crippen LogP contribution in [0.1, 0.15) is 50.4 Å². The molecule has 1 heterocycles. The molecule has 2 aliphatic carbocycles. The maximum absolute atomic E-state index is 12.8. The molecule has 134 valence electrons. The normalized spacial score (nSPS) is 32.8. The number of hydrogen-bond donors (Lipinski definition) is 1. The van der Waals surface area contributed by atoms with Gasteiger partial charge in [-0.1, -0.05) is 26.8 Å². The van der Waals surface area contributed by atoms with Crippen LogP contribution >= 0.6 is 0 Å². The molecule has 1 aromatic rings. The molecular weight excluding hydrogens is 316 g/mol. The van der Waals surface area contributed by atoms with Crippen LogP contribution in [0.25, 0.3) is 0 Å². The fourth-order valence-electron chi connectivity index (χ4n) is 5.11. The number of nitrogens with zero attached hydrogens (tertiary/aromatic N) is 1. The summed E-state index contributed by atoms with van der Waals surface area (Å²) in [5.41, 5.74) is 1.74. The monoisotopic (exact) mass is 342 g/mol. The summed E-state index contributed by atoms with van der Waals surface area (Å²) >= 11 is 0. The highest BCUT2D eigenvalue weighted by Gasteiger charge is 2.61. The quantitative estimate of drug-likeness (QED) is 0.913. The van der Waals surface area contributed by atoms with Crippen molar-refractivity contribution in [3.63, 3.8) is 0 Å². The molecule has 3 atom stereocenters. The first-order chi connectivity index (χ1) is 11.8. The molecule has 1 aliphatic heterocycles. The minimum Gasteiger partial charge on any atom is -0.447 e. The van der Waals surface area contributed by atoms with Crippen molar-refractivity contribution in [2.24, 2.45) is 16.7 Å². The lowest BCUT2D eigenvalue weighted by Gasteiger charge is -2.39. The van der Waals surface area contributed by atoms with Crippen molar-refractivity contribution in [1.29, 1.82) is 0 Å². The number of ether oxygens (including phenoxy) is 1. The number of hydrogen-bond acceptors (Lipinski definition) is 3. The SMILES string of the molecule is CC1(C)C2CCC1(C)C(NC(=O)c1cccc(N3CCOC3=O)c1)C2. The Morgan fingerprint density at radius 3 is 2.72 bits per heavy atom. The molecule has 4 rings (SSSR count). The van der Waals surface area contributed by atoms with E-state index < -0.39 is 0 Å². The molecule has 3 fully saturated rings. The molecule has 0 radical (unpaired) electrons. The summed E-state index contributed by atoms with van der Waals surface area (Å²) in [5.74, 6) is 0.637. The van der Waals surface area contributed by atoms with Crippen LogP contribution in [-0.2, 0) is 4.74 Å². The first-order valence-corrected chi connectivity index (χ1v) is 9.18. The van der Waals surface area contributed by atoms with Gasteiger partial charge in [0.05, 0.1) is 6.54 Å². The molecule has 0 aromatic heterocycles. The van der Waals surface area contributed by atoms with Crippen molar-refractivity contribution in [3.05, 3.63) is 29.8 Å². The smallest absolute Gasteiger partial charge is 0.414 e. The van der Waals surface area contributed by atoms with Gasteiger partial charge in [0.2, 0.25) is 0 Å². The van der Waals surface area contributed by atoms with E-state index in [1.807, 2.05) is 12.1 Å². The van der Waals surface area contributed by atoms with Crippen molar-refractivity contribution in [2.75, 3.05) is 18.1 Å². The maximum Gasteiger partial charge on any atom is 0.414 e. The Morgan fingerprint density at radius 1 is 1.32 bits per heavy atom. The first kappa shape index (κ1) is 16.4. The molecular formula is C20H26N2O3. The summed E-state index contributed by atoms with van der Waals surface area (Å²) in [4.78, 5) is 26.1. The van der Waals surface area contributed by atoms with E-state index >= 15 is 0 Å². The highest BCUT2D eigenvalue weighted by Crippen LogP contribution is 2.65. The number of carbonyl (C=O) groups is 2. The van der Waals surface area contributed by atoms with Crippen LogP contribution in [0.4, 0.5) is 10.5 Å². The number of amides is 2. The van der Waals surface area contributed by atoms with E-state index in [4.69, 9.17) is 4.74 Å². The van der Waals surface area contributed by atoms with Crippen LogP contribution in [0.3, 0.4) is 0 Å². The van der Waals surface area contributed by atoms with E-state index in [0.29, 0.717) is 24.6 Å². The fourth-order valence-corrected chi connectivity index (χ4v) is 5.11. The number of benzene rings is 1. The van der Waals surface area contributed by atoms with Crippen LogP contribution in [0.15, 0.2) is 24.3 Å². The summed E-state index contributed by atoms with van der Waals surface area (Å²) in [5, 5.41) is 3.28. The van der Waals surface area contributed by atoms with E-state index in [0.717, 1.165) is 12.1 Å².